The molecular formula is C20H36N4O8S. The smallest absolute Gasteiger partial charge is 0.326 e. The fraction of sp³-hybridized carbons (Fsp3) is 0.750. The minimum atomic E-state index is -1.53. The zero-order valence-electron chi connectivity index (χ0n) is 19.4. The van der Waals surface area contributed by atoms with Crippen molar-refractivity contribution in [3.05, 3.63) is 0 Å². The Kier molecular flexibility index (Phi) is 14.3. The molecule has 0 saturated heterocycles. The van der Waals surface area contributed by atoms with Gasteiger partial charge in [-0.3, -0.25) is 19.2 Å². The molecule has 0 bridgehead atoms. The van der Waals surface area contributed by atoms with E-state index in [-0.39, 0.29) is 18.8 Å². The van der Waals surface area contributed by atoms with Crippen LogP contribution in [0.1, 0.15) is 46.5 Å². The molecule has 0 fully saturated rings. The zero-order chi connectivity index (χ0) is 25.7. The van der Waals surface area contributed by atoms with Crippen LogP contribution in [0.25, 0.3) is 0 Å². The Bertz CT molecular complexity index is 689. The van der Waals surface area contributed by atoms with Gasteiger partial charge in [0.05, 0.1) is 12.1 Å². The standard InChI is InChI=1S/C20H36N4O8S/c1-10(2)9-14(20(31)32)23-19(30)16(11(3)25)24-18(29)13(5-6-15(26)27)22-17(28)12(21)7-8-33-4/h10-14,16,25H,5-9,21H2,1-4H3,(H,22,28)(H,23,30)(H,24,29)(H,26,27)(H,31,32). The third-order valence-corrected chi connectivity index (χ3v) is 5.28. The first kappa shape index (κ1) is 30.6. The van der Waals surface area contributed by atoms with Crippen LogP contribution in [-0.2, 0) is 24.0 Å². The van der Waals surface area contributed by atoms with E-state index in [1.54, 1.807) is 13.8 Å². The summed E-state index contributed by atoms with van der Waals surface area (Å²) in [7, 11) is 0. The topological polar surface area (TPSA) is 208 Å². The van der Waals surface area contributed by atoms with Crippen molar-refractivity contribution in [1.82, 2.24) is 16.0 Å². The van der Waals surface area contributed by atoms with E-state index in [0.29, 0.717) is 12.2 Å². The van der Waals surface area contributed by atoms with Gasteiger partial charge in [-0.1, -0.05) is 13.8 Å². The van der Waals surface area contributed by atoms with E-state index in [1.807, 2.05) is 6.26 Å². The molecule has 13 heteroatoms. The second-order valence-corrected chi connectivity index (χ2v) is 9.12. The van der Waals surface area contributed by atoms with Crippen molar-refractivity contribution in [2.24, 2.45) is 11.7 Å². The summed E-state index contributed by atoms with van der Waals surface area (Å²) in [6.07, 6.45) is 0.187. The van der Waals surface area contributed by atoms with Crippen LogP contribution in [-0.4, -0.2) is 87.3 Å². The van der Waals surface area contributed by atoms with Crippen molar-refractivity contribution in [2.45, 2.75) is 76.7 Å². The second kappa shape index (κ2) is 15.5. The number of hydrogen-bond acceptors (Lipinski definition) is 8. The van der Waals surface area contributed by atoms with E-state index in [2.05, 4.69) is 16.0 Å². The molecule has 12 nitrogen and oxygen atoms in total. The normalized spacial score (nSPS) is 15.6. The summed E-state index contributed by atoms with van der Waals surface area (Å²) in [5, 5.41) is 35.2. The fourth-order valence-corrected chi connectivity index (χ4v) is 3.29. The van der Waals surface area contributed by atoms with Crippen molar-refractivity contribution < 1.29 is 39.3 Å². The molecule has 5 unspecified atom stereocenters. The summed E-state index contributed by atoms with van der Waals surface area (Å²) < 4.78 is 0. The number of nitrogens with one attached hydrogen (secondary N) is 3. The largest absolute Gasteiger partial charge is 0.481 e. The first-order chi connectivity index (χ1) is 15.3. The molecule has 190 valence electrons. The number of carboxylic acids is 2. The summed E-state index contributed by atoms with van der Waals surface area (Å²) in [5.41, 5.74) is 5.80. The summed E-state index contributed by atoms with van der Waals surface area (Å²) >= 11 is 1.48. The molecule has 0 heterocycles. The molecule has 0 aliphatic carbocycles. The Morgan fingerprint density at radius 1 is 0.879 bits per heavy atom. The maximum atomic E-state index is 12.8. The Morgan fingerprint density at radius 3 is 1.91 bits per heavy atom. The van der Waals surface area contributed by atoms with E-state index in [1.165, 1.54) is 18.7 Å². The molecule has 8 N–H and O–H groups in total. The first-order valence-electron chi connectivity index (χ1n) is 10.6. The lowest BCUT2D eigenvalue weighted by atomic mass is 10.0. The maximum Gasteiger partial charge on any atom is 0.326 e. The summed E-state index contributed by atoms with van der Waals surface area (Å²) in [6, 6.07) is -5.00. The highest BCUT2D eigenvalue weighted by Gasteiger charge is 2.33. The quantitative estimate of drug-likeness (QED) is 0.138. The van der Waals surface area contributed by atoms with Crippen LogP contribution >= 0.6 is 11.8 Å². The second-order valence-electron chi connectivity index (χ2n) is 8.14. The van der Waals surface area contributed by atoms with Crippen molar-refractivity contribution in [3.63, 3.8) is 0 Å². The highest BCUT2D eigenvalue weighted by atomic mass is 32.2. The van der Waals surface area contributed by atoms with Crippen LogP contribution < -0.4 is 21.7 Å². The summed E-state index contributed by atoms with van der Waals surface area (Å²) in [5.74, 6) is -4.39. The lowest BCUT2D eigenvalue weighted by Gasteiger charge is -2.26. The SMILES string of the molecule is CSCCC(N)C(=O)NC(CCC(=O)O)C(=O)NC(C(=O)NC(CC(C)C)C(=O)O)C(C)O. The number of thioether (sulfide) groups is 1. The molecule has 0 spiro atoms. The molecule has 0 radical (unpaired) electrons. The van der Waals surface area contributed by atoms with Gasteiger partial charge in [0.25, 0.3) is 0 Å². The Labute approximate surface area is 197 Å². The fourth-order valence-electron chi connectivity index (χ4n) is 2.80. The number of carbonyl (C=O) groups is 5. The van der Waals surface area contributed by atoms with Crippen molar-refractivity contribution in [2.75, 3.05) is 12.0 Å². The number of hydrogen-bond donors (Lipinski definition) is 7. The lowest BCUT2D eigenvalue weighted by molar-refractivity contribution is -0.143. The third kappa shape index (κ3) is 12.4. The Balaban J connectivity index is 5.44. The van der Waals surface area contributed by atoms with Gasteiger partial charge < -0.3 is 37.0 Å². The summed E-state index contributed by atoms with van der Waals surface area (Å²) in [4.78, 5) is 60.1. The van der Waals surface area contributed by atoms with Gasteiger partial charge in [0.1, 0.15) is 18.1 Å². The average molecular weight is 493 g/mol. The molecule has 0 saturated carbocycles. The first-order valence-corrected chi connectivity index (χ1v) is 12.0. The van der Waals surface area contributed by atoms with Crippen LogP contribution in [0.3, 0.4) is 0 Å². The number of nitrogens with two attached hydrogens (primary N) is 1. The predicted octanol–water partition coefficient (Wildman–Crippen LogP) is -1.10. The van der Waals surface area contributed by atoms with Crippen LogP contribution in [0, 0.1) is 5.92 Å². The highest BCUT2D eigenvalue weighted by Crippen LogP contribution is 2.07. The highest BCUT2D eigenvalue weighted by molar-refractivity contribution is 7.98. The van der Waals surface area contributed by atoms with E-state index in [0.717, 1.165) is 0 Å². The minimum absolute atomic E-state index is 0.0445. The molecule has 0 aliphatic heterocycles. The molecule has 0 aromatic heterocycles. The molecule has 0 aliphatic rings. The summed E-state index contributed by atoms with van der Waals surface area (Å²) in [6.45, 7) is 4.78. The van der Waals surface area contributed by atoms with E-state index in [9.17, 15) is 34.2 Å². The number of aliphatic carboxylic acids is 2. The number of carboxylic acid groups (broad SMARTS) is 2. The number of aliphatic hydroxyl groups excluding tert-OH is 1. The molecule has 5 atom stereocenters. The van der Waals surface area contributed by atoms with Crippen LogP contribution in [0.15, 0.2) is 0 Å². The van der Waals surface area contributed by atoms with Crippen LogP contribution in [0.2, 0.25) is 0 Å². The van der Waals surface area contributed by atoms with Crippen molar-refractivity contribution in [1.29, 1.82) is 0 Å². The zero-order valence-corrected chi connectivity index (χ0v) is 20.2. The average Bonchev–Trinajstić information content (AvgIpc) is 2.71. The van der Waals surface area contributed by atoms with Gasteiger partial charge in [0.15, 0.2) is 0 Å². The molecule has 33 heavy (non-hydrogen) atoms. The van der Waals surface area contributed by atoms with Crippen LogP contribution in [0.5, 0.6) is 0 Å². The van der Waals surface area contributed by atoms with Gasteiger partial charge >= 0.3 is 11.9 Å². The van der Waals surface area contributed by atoms with Crippen molar-refractivity contribution >= 4 is 41.4 Å². The number of rotatable bonds is 16. The van der Waals surface area contributed by atoms with E-state index >= 15 is 0 Å². The molecular weight excluding hydrogens is 456 g/mol. The van der Waals surface area contributed by atoms with Gasteiger partial charge in [-0.05, 0) is 44.1 Å². The van der Waals surface area contributed by atoms with Crippen molar-refractivity contribution in [3.8, 4) is 0 Å². The number of aliphatic hydroxyl groups is 1. The predicted molar refractivity (Wildman–Crippen MR) is 122 cm³/mol. The molecule has 0 aromatic carbocycles. The monoisotopic (exact) mass is 492 g/mol. The molecule has 0 aromatic rings. The number of carbonyl (C=O) groups excluding carboxylic acids is 3. The Hall–Kier alpha value is -2.38. The van der Waals surface area contributed by atoms with E-state index in [4.69, 9.17) is 10.8 Å². The number of amides is 3. The van der Waals surface area contributed by atoms with Crippen LogP contribution in [0.4, 0.5) is 0 Å². The minimum Gasteiger partial charge on any atom is -0.481 e. The van der Waals surface area contributed by atoms with Gasteiger partial charge in [0.2, 0.25) is 17.7 Å². The molecule has 3 amide bonds. The van der Waals surface area contributed by atoms with Gasteiger partial charge in [-0.2, -0.15) is 11.8 Å². The van der Waals surface area contributed by atoms with Gasteiger partial charge in [0, 0.05) is 6.42 Å². The van der Waals surface area contributed by atoms with Gasteiger partial charge in [-0.15, -0.1) is 0 Å². The van der Waals surface area contributed by atoms with Gasteiger partial charge in [-0.25, -0.2) is 4.79 Å². The third-order valence-electron chi connectivity index (χ3n) is 4.63. The maximum absolute atomic E-state index is 12.8. The Morgan fingerprint density at radius 2 is 1.45 bits per heavy atom. The lowest BCUT2D eigenvalue weighted by Crippen LogP contribution is -2.60. The molecule has 0 rings (SSSR count). The van der Waals surface area contributed by atoms with E-state index < -0.39 is 66.4 Å².